The third kappa shape index (κ3) is 1.67. The summed E-state index contributed by atoms with van der Waals surface area (Å²) in [5.41, 5.74) is 1.53. The molecule has 3 nitrogen and oxygen atoms in total. The Labute approximate surface area is 128 Å². The molecule has 2 aromatic rings. The Morgan fingerprint density at radius 1 is 1.10 bits per heavy atom. The van der Waals surface area contributed by atoms with Crippen LogP contribution in [0.3, 0.4) is 0 Å². The van der Waals surface area contributed by atoms with Crippen LogP contribution < -0.4 is 5.49 Å². The Hall–Kier alpha value is -1.35. The molecule has 3 heterocycles. The van der Waals surface area contributed by atoms with Gasteiger partial charge in [-0.15, -0.1) is 0 Å². The second-order valence-electron chi connectivity index (χ2n) is 7.11. The lowest BCUT2D eigenvalue weighted by Crippen LogP contribution is -2.30. The largest absolute Gasteiger partial charge is 0.311 e. The molecule has 1 aromatic heterocycles. The van der Waals surface area contributed by atoms with Crippen LogP contribution in [0.1, 0.15) is 49.9 Å². The molecule has 2 saturated carbocycles. The Balaban J connectivity index is 1.85. The SMILES string of the molecule is N=c1c2ccc(Cl)cc2nc2n1C1CC3CC(CC2C3)C1. The van der Waals surface area contributed by atoms with Gasteiger partial charge in [0.05, 0.1) is 5.52 Å². The summed E-state index contributed by atoms with van der Waals surface area (Å²) in [5, 5.41) is 10.3. The predicted molar refractivity (Wildman–Crippen MR) is 82.4 cm³/mol. The topological polar surface area (TPSA) is 41.7 Å². The van der Waals surface area contributed by atoms with E-state index in [1.807, 2.05) is 18.2 Å². The Kier molecular flexibility index (Phi) is 2.38. The van der Waals surface area contributed by atoms with Crippen LogP contribution in [-0.2, 0) is 0 Å². The standard InChI is InChI=1S/C17H18ClN3/c18-12-1-2-14-15(8-12)20-17-11-4-9-3-10(5-11)7-13(6-9)21(17)16(14)19/h1-2,8-11,13,19H,3-7H2. The molecule has 2 fully saturated rings. The number of fused-ring (bicyclic) bond motifs is 1. The van der Waals surface area contributed by atoms with Crippen molar-refractivity contribution in [3.05, 3.63) is 34.5 Å². The monoisotopic (exact) mass is 299 g/mol. The van der Waals surface area contributed by atoms with Gasteiger partial charge in [0, 0.05) is 22.4 Å². The smallest absolute Gasteiger partial charge is 0.135 e. The quantitative estimate of drug-likeness (QED) is 0.784. The molecule has 4 aliphatic rings. The summed E-state index contributed by atoms with van der Waals surface area (Å²) >= 11 is 6.12. The lowest BCUT2D eigenvalue weighted by atomic mass is 9.68. The molecule has 2 aliphatic heterocycles. The molecule has 2 unspecified atom stereocenters. The van der Waals surface area contributed by atoms with Crippen molar-refractivity contribution in [3.8, 4) is 0 Å². The summed E-state index contributed by atoms with van der Waals surface area (Å²) in [6, 6.07) is 6.23. The maximum atomic E-state index is 8.70. The van der Waals surface area contributed by atoms with Gasteiger partial charge >= 0.3 is 0 Å². The van der Waals surface area contributed by atoms with Crippen molar-refractivity contribution >= 4 is 22.5 Å². The van der Waals surface area contributed by atoms with E-state index in [1.165, 1.54) is 32.1 Å². The van der Waals surface area contributed by atoms with Crippen LogP contribution in [0.2, 0.25) is 5.02 Å². The summed E-state index contributed by atoms with van der Waals surface area (Å²) in [5.74, 6) is 3.40. The number of aromatic nitrogens is 2. The fourth-order valence-corrected chi connectivity index (χ4v) is 5.28. The first-order chi connectivity index (χ1) is 10.2. The number of hydrogen-bond acceptors (Lipinski definition) is 2. The molecule has 4 heteroatoms. The Bertz CT molecular complexity index is 796. The average molecular weight is 300 g/mol. The summed E-state index contributed by atoms with van der Waals surface area (Å²) in [6.45, 7) is 0. The zero-order valence-electron chi connectivity index (χ0n) is 11.8. The summed E-state index contributed by atoms with van der Waals surface area (Å²) < 4.78 is 2.26. The number of rotatable bonds is 0. The first kappa shape index (κ1) is 12.2. The third-order valence-corrected chi connectivity index (χ3v) is 6.02. The lowest BCUT2D eigenvalue weighted by Gasteiger charge is -2.37. The highest BCUT2D eigenvalue weighted by molar-refractivity contribution is 6.31. The first-order valence-corrected chi connectivity index (χ1v) is 8.33. The molecule has 2 aliphatic carbocycles. The molecule has 0 spiro atoms. The van der Waals surface area contributed by atoms with Gasteiger partial charge in [-0.05, 0) is 62.1 Å². The number of halogens is 1. The van der Waals surface area contributed by atoms with Crippen molar-refractivity contribution in [2.45, 2.75) is 44.1 Å². The molecule has 0 radical (unpaired) electrons. The molecule has 4 bridgehead atoms. The van der Waals surface area contributed by atoms with Crippen molar-refractivity contribution in [3.63, 3.8) is 0 Å². The van der Waals surface area contributed by atoms with E-state index in [-0.39, 0.29) is 0 Å². The van der Waals surface area contributed by atoms with Gasteiger partial charge in [-0.2, -0.15) is 0 Å². The molecule has 2 atom stereocenters. The minimum absolute atomic E-state index is 0.497. The number of benzene rings is 1. The zero-order valence-corrected chi connectivity index (χ0v) is 12.6. The van der Waals surface area contributed by atoms with Gasteiger partial charge in [-0.1, -0.05) is 11.6 Å². The molecular formula is C17H18ClN3. The van der Waals surface area contributed by atoms with E-state index in [0.29, 0.717) is 22.5 Å². The minimum Gasteiger partial charge on any atom is -0.311 e. The summed E-state index contributed by atoms with van der Waals surface area (Å²) in [6.07, 6.45) is 6.44. The zero-order chi connectivity index (χ0) is 14.1. The van der Waals surface area contributed by atoms with Crippen LogP contribution in [0.15, 0.2) is 18.2 Å². The van der Waals surface area contributed by atoms with E-state index in [2.05, 4.69) is 4.57 Å². The van der Waals surface area contributed by atoms with E-state index in [0.717, 1.165) is 28.6 Å². The highest BCUT2D eigenvalue weighted by atomic mass is 35.5. The van der Waals surface area contributed by atoms with Crippen LogP contribution in [-0.4, -0.2) is 9.55 Å². The average Bonchev–Trinajstić information content (AvgIpc) is 2.61. The molecule has 21 heavy (non-hydrogen) atoms. The number of nitrogens with one attached hydrogen (secondary N) is 1. The molecule has 6 rings (SSSR count). The van der Waals surface area contributed by atoms with Crippen molar-refractivity contribution in [1.29, 1.82) is 5.41 Å². The van der Waals surface area contributed by atoms with Crippen molar-refractivity contribution in [1.82, 2.24) is 9.55 Å². The summed E-state index contributed by atoms with van der Waals surface area (Å²) in [4.78, 5) is 4.95. The van der Waals surface area contributed by atoms with Crippen molar-refractivity contribution in [2.75, 3.05) is 0 Å². The minimum atomic E-state index is 0.497. The first-order valence-electron chi connectivity index (χ1n) is 7.95. The molecule has 1 aromatic carbocycles. The Morgan fingerprint density at radius 2 is 1.86 bits per heavy atom. The van der Waals surface area contributed by atoms with Gasteiger partial charge in [0.1, 0.15) is 11.3 Å². The molecule has 1 N–H and O–H groups in total. The predicted octanol–water partition coefficient (Wildman–Crippen LogP) is 4.02. The molecule has 0 saturated heterocycles. The van der Waals surface area contributed by atoms with E-state index >= 15 is 0 Å². The van der Waals surface area contributed by atoms with Gasteiger partial charge in [-0.3, -0.25) is 5.41 Å². The molecule has 0 amide bonds. The van der Waals surface area contributed by atoms with Crippen molar-refractivity contribution < 1.29 is 0 Å². The van der Waals surface area contributed by atoms with E-state index in [1.54, 1.807) is 0 Å². The van der Waals surface area contributed by atoms with E-state index in [9.17, 15) is 0 Å². The van der Waals surface area contributed by atoms with Crippen LogP contribution in [0, 0.1) is 17.2 Å². The van der Waals surface area contributed by atoms with Gasteiger partial charge in [0.2, 0.25) is 0 Å². The molecular weight excluding hydrogens is 282 g/mol. The fourth-order valence-electron chi connectivity index (χ4n) is 5.11. The van der Waals surface area contributed by atoms with Gasteiger partial charge in [0.25, 0.3) is 0 Å². The lowest BCUT2D eigenvalue weighted by molar-refractivity contribution is 0.150. The van der Waals surface area contributed by atoms with Crippen LogP contribution in [0.25, 0.3) is 10.9 Å². The van der Waals surface area contributed by atoms with E-state index in [4.69, 9.17) is 22.0 Å². The normalized spacial score (nSPS) is 33.2. The Morgan fingerprint density at radius 3 is 2.62 bits per heavy atom. The van der Waals surface area contributed by atoms with Crippen LogP contribution in [0.5, 0.6) is 0 Å². The molecule has 108 valence electrons. The van der Waals surface area contributed by atoms with E-state index < -0.39 is 0 Å². The highest BCUT2D eigenvalue weighted by Crippen LogP contribution is 2.52. The number of nitrogens with zero attached hydrogens (tertiary/aromatic N) is 2. The van der Waals surface area contributed by atoms with Crippen LogP contribution >= 0.6 is 11.6 Å². The van der Waals surface area contributed by atoms with Gasteiger partial charge in [0.15, 0.2) is 0 Å². The maximum absolute atomic E-state index is 8.70. The second-order valence-corrected chi connectivity index (χ2v) is 7.55. The van der Waals surface area contributed by atoms with Crippen LogP contribution in [0.4, 0.5) is 0 Å². The van der Waals surface area contributed by atoms with Crippen molar-refractivity contribution in [2.24, 2.45) is 11.8 Å². The number of hydrogen-bond donors (Lipinski definition) is 1. The second kappa shape index (κ2) is 4.10. The summed E-state index contributed by atoms with van der Waals surface area (Å²) in [7, 11) is 0. The maximum Gasteiger partial charge on any atom is 0.135 e. The van der Waals surface area contributed by atoms with Gasteiger partial charge in [-0.25, -0.2) is 4.98 Å². The third-order valence-electron chi connectivity index (χ3n) is 5.78. The highest BCUT2D eigenvalue weighted by Gasteiger charge is 2.43. The van der Waals surface area contributed by atoms with Gasteiger partial charge < -0.3 is 4.57 Å². The fraction of sp³-hybridized carbons (Fsp3) is 0.529.